The normalized spacial score (nSPS) is 15.9. The number of amides is 2. The van der Waals surface area contributed by atoms with Crippen LogP contribution in [0.15, 0.2) is 42.7 Å². The zero-order valence-corrected chi connectivity index (χ0v) is 16.4. The van der Waals surface area contributed by atoms with Gasteiger partial charge in [-0.25, -0.2) is 14.8 Å². The molecule has 2 aromatic rings. The van der Waals surface area contributed by atoms with Gasteiger partial charge in [0.15, 0.2) is 0 Å². The standard InChI is InChI=1S/C21H27N5O3/c27-19(28)14-16-8-13-26(15-17-6-1-2-7-18(16)17)21(29)25-10-4-3-9-22-20-23-11-5-12-24-20/h1-2,5-7,11-12,16H,3-4,8-10,13-15H2,(H,25,29)(H,27,28)(H,22,23,24). The second-order valence-corrected chi connectivity index (χ2v) is 7.14. The van der Waals surface area contributed by atoms with Crippen LogP contribution >= 0.6 is 0 Å². The number of carbonyl (C=O) groups excluding carboxylic acids is 1. The van der Waals surface area contributed by atoms with Gasteiger partial charge < -0.3 is 20.6 Å². The summed E-state index contributed by atoms with van der Waals surface area (Å²) in [4.78, 5) is 33.8. The highest BCUT2D eigenvalue weighted by atomic mass is 16.4. The van der Waals surface area contributed by atoms with Gasteiger partial charge >= 0.3 is 12.0 Å². The molecule has 0 saturated carbocycles. The molecule has 0 radical (unpaired) electrons. The number of hydrogen-bond acceptors (Lipinski definition) is 5. The molecule has 8 heteroatoms. The number of carbonyl (C=O) groups is 2. The number of fused-ring (bicyclic) bond motifs is 1. The first kappa shape index (κ1) is 20.6. The van der Waals surface area contributed by atoms with E-state index in [4.69, 9.17) is 0 Å². The Morgan fingerprint density at radius 2 is 1.86 bits per heavy atom. The van der Waals surface area contributed by atoms with E-state index in [9.17, 15) is 14.7 Å². The molecule has 154 valence electrons. The van der Waals surface area contributed by atoms with Crippen molar-refractivity contribution in [3.05, 3.63) is 53.9 Å². The van der Waals surface area contributed by atoms with Crippen LogP contribution in [0.1, 0.15) is 42.7 Å². The fraction of sp³-hybridized carbons (Fsp3) is 0.429. The van der Waals surface area contributed by atoms with Gasteiger partial charge in [0.05, 0.1) is 6.42 Å². The van der Waals surface area contributed by atoms with Crippen LogP contribution in [0.5, 0.6) is 0 Å². The molecular weight excluding hydrogens is 370 g/mol. The minimum absolute atomic E-state index is 0.0622. The third-order valence-electron chi connectivity index (χ3n) is 5.04. The Kier molecular flexibility index (Phi) is 7.38. The molecule has 3 N–H and O–H groups in total. The van der Waals surface area contributed by atoms with Gasteiger partial charge in [0.1, 0.15) is 0 Å². The predicted octanol–water partition coefficient (Wildman–Crippen LogP) is 2.84. The van der Waals surface area contributed by atoms with Gasteiger partial charge in [-0.05, 0) is 42.4 Å². The maximum Gasteiger partial charge on any atom is 0.317 e. The van der Waals surface area contributed by atoms with Crippen LogP contribution < -0.4 is 10.6 Å². The molecule has 1 atom stereocenters. The first-order valence-electron chi connectivity index (χ1n) is 9.96. The molecule has 3 rings (SSSR count). The van der Waals surface area contributed by atoms with Crippen molar-refractivity contribution in [3.63, 3.8) is 0 Å². The summed E-state index contributed by atoms with van der Waals surface area (Å²) in [6, 6.07) is 9.49. The molecule has 1 aromatic heterocycles. The first-order chi connectivity index (χ1) is 14.1. The van der Waals surface area contributed by atoms with E-state index in [1.54, 1.807) is 23.4 Å². The molecule has 29 heavy (non-hydrogen) atoms. The largest absolute Gasteiger partial charge is 0.481 e. The number of aliphatic carboxylic acids is 1. The summed E-state index contributed by atoms with van der Waals surface area (Å²) < 4.78 is 0. The molecule has 2 heterocycles. The van der Waals surface area contributed by atoms with E-state index in [2.05, 4.69) is 20.6 Å². The third kappa shape index (κ3) is 6.17. The van der Waals surface area contributed by atoms with E-state index in [0.29, 0.717) is 32.0 Å². The summed E-state index contributed by atoms with van der Waals surface area (Å²) in [5.41, 5.74) is 2.07. The minimum atomic E-state index is -0.808. The van der Waals surface area contributed by atoms with E-state index in [1.165, 1.54) is 0 Å². The maximum atomic E-state index is 12.6. The van der Waals surface area contributed by atoms with Crippen LogP contribution in [-0.4, -0.2) is 51.6 Å². The third-order valence-corrected chi connectivity index (χ3v) is 5.04. The van der Waals surface area contributed by atoms with Crippen LogP contribution in [0.4, 0.5) is 10.7 Å². The number of hydrogen-bond donors (Lipinski definition) is 3. The van der Waals surface area contributed by atoms with Crippen molar-refractivity contribution >= 4 is 17.9 Å². The maximum absolute atomic E-state index is 12.6. The number of urea groups is 1. The Balaban J connectivity index is 1.44. The highest BCUT2D eigenvalue weighted by Gasteiger charge is 2.26. The lowest BCUT2D eigenvalue weighted by molar-refractivity contribution is -0.137. The molecule has 0 saturated heterocycles. The molecular formula is C21H27N5O3. The molecule has 1 unspecified atom stereocenters. The number of carboxylic acids is 1. The van der Waals surface area contributed by atoms with Crippen molar-refractivity contribution < 1.29 is 14.7 Å². The van der Waals surface area contributed by atoms with Crippen LogP contribution in [0.3, 0.4) is 0 Å². The SMILES string of the molecule is O=C(O)CC1CCN(C(=O)NCCCCNc2ncccn2)Cc2ccccc21. The van der Waals surface area contributed by atoms with Crippen LogP contribution in [-0.2, 0) is 11.3 Å². The number of carboxylic acid groups (broad SMARTS) is 1. The number of aromatic nitrogens is 2. The Morgan fingerprint density at radius 1 is 1.10 bits per heavy atom. The Morgan fingerprint density at radius 3 is 2.66 bits per heavy atom. The van der Waals surface area contributed by atoms with Crippen LogP contribution in [0, 0.1) is 0 Å². The molecule has 1 aliphatic heterocycles. The highest BCUT2D eigenvalue weighted by Crippen LogP contribution is 2.31. The second-order valence-electron chi connectivity index (χ2n) is 7.14. The zero-order chi connectivity index (χ0) is 20.5. The minimum Gasteiger partial charge on any atom is -0.481 e. The molecule has 0 aliphatic carbocycles. The summed E-state index contributed by atoms with van der Waals surface area (Å²) in [5.74, 6) is -0.263. The first-order valence-corrected chi connectivity index (χ1v) is 9.96. The van der Waals surface area contributed by atoms with E-state index < -0.39 is 5.97 Å². The van der Waals surface area contributed by atoms with Crippen molar-refractivity contribution in [2.24, 2.45) is 0 Å². The van der Waals surface area contributed by atoms with Gasteiger partial charge in [-0.2, -0.15) is 0 Å². The van der Waals surface area contributed by atoms with Gasteiger partial charge in [0, 0.05) is 38.6 Å². The Hall–Kier alpha value is -3.16. The molecule has 1 aromatic carbocycles. The summed E-state index contributed by atoms with van der Waals surface area (Å²) in [5, 5.41) is 15.3. The highest BCUT2D eigenvalue weighted by molar-refractivity contribution is 5.74. The van der Waals surface area contributed by atoms with Gasteiger partial charge in [-0.3, -0.25) is 4.79 Å². The predicted molar refractivity (Wildman–Crippen MR) is 110 cm³/mol. The van der Waals surface area contributed by atoms with Crippen LogP contribution in [0.25, 0.3) is 0 Å². The molecule has 2 amide bonds. The monoisotopic (exact) mass is 397 g/mol. The Bertz CT molecular complexity index is 815. The summed E-state index contributed by atoms with van der Waals surface area (Å²) in [6.07, 6.45) is 5.86. The van der Waals surface area contributed by atoms with E-state index in [1.807, 2.05) is 24.3 Å². The number of nitrogens with zero attached hydrogens (tertiary/aromatic N) is 3. The molecule has 1 aliphatic rings. The molecule has 8 nitrogen and oxygen atoms in total. The summed E-state index contributed by atoms with van der Waals surface area (Å²) in [7, 11) is 0. The topological polar surface area (TPSA) is 107 Å². The average Bonchev–Trinajstić information content (AvgIpc) is 2.91. The number of rotatable bonds is 8. The van der Waals surface area contributed by atoms with Crippen molar-refractivity contribution in [2.75, 3.05) is 25.0 Å². The van der Waals surface area contributed by atoms with Crippen molar-refractivity contribution in [1.29, 1.82) is 0 Å². The van der Waals surface area contributed by atoms with Crippen LogP contribution in [0.2, 0.25) is 0 Å². The number of nitrogens with one attached hydrogen (secondary N) is 2. The van der Waals surface area contributed by atoms with Gasteiger partial charge in [0.25, 0.3) is 0 Å². The van der Waals surface area contributed by atoms with Gasteiger partial charge in [-0.15, -0.1) is 0 Å². The lowest BCUT2D eigenvalue weighted by atomic mass is 9.90. The van der Waals surface area contributed by atoms with Gasteiger partial charge in [-0.1, -0.05) is 24.3 Å². The zero-order valence-electron chi connectivity index (χ0n) is 16.4. The van der Waals surface area contributed by atoms with Crippen molar-refractivity contribution in [3.8, 4) is 0 Å². The fourth-order valence-electron chi connectivity index (χ4n) is 3.57. The van der Waals surface area contributed by atoms with Crippen molar-refractivity contribution in [2.45, 2.75) is 38.1 Å². The van der Waals surface area contributed by atoms with E-state index in [0.717, 1.165) is 30.5 Å². The van der Waals surface area contributed by atoms with E-state index >= 15 is 0 Å². The average molecular weight is 397 g/mol. The molecule has 0 spiro atoms. The second kappa shape index (κ2) is 10.4. The molecule has 0 fully saturated rings. The summed E-state index contributed by atoms with van der Waals surface area (Å²) in [6.45, 7) is 2.39. The number of unbranched alkanes of at least 4 members (excludes halogenated alkanes) is 1. The lowest BCUT2D eigenvalue weighted by Crippen LogP contribution is -2.40. The molecule has 0 bridgehead atoms. The van der Waals surface area contributed by atoms with E-state index in [-0.39, 0.29) is 18.4 Å². The number of benzene rings is 1. The fourth-order valence-corrected chi connectivity index (χ4v) is 3.57. The van der Waals surface area contributed by atoms with Crippen molar-refractivity contribution in [1.82, 2.24) is 20.2 Å². The number of anilines is 1. The summed E-state index contributed by atoms with van der Waals surface area (Å²) >= 11 is 0. The quantitative estimate of drug-likeness (QED) is 0.591. The smallest absolute Gasteiger partial charge is 0.317 e. The van der Waals surface area contributed by atoms with Gasteiger partial charge in [0.2, 0.25) is 5.95 Å². The lowest BCUT2D eigenvalue weighted by Gasteiger charge is -2.21. The Labute approximate surface area is 170 Å².